The minimum Gasteiger partial charge on any atom is -0.504 e. The van der Waals surface area contributed by atoms with Gasteiger partial charge >= 0.3 is 0 Å². The Balaban J connectivity index is 1.28. The summed E-state index contributed by atoms with van der Waals surface area (Å²) in [5, 5.41) is 10.7. The van der Waals surface area contributed by atoms with Gasteiger partial charge in [0.05, 0.1) is 18.1 Å². The van der Waals surface area contributed by atoms with Crippen molar-refractivity contribution >= 4 is 0 Å². The van der Waals surface area contributed by atoms with Crippen molar-refractivity contribution in [3.8, 4) is 11.5 Å². The fourth-order valence-electron chi connectivity index (χ4n) is 5.71. The summed E-state index contributed by atoms with van der Waals surface area (Å²) in [6.45, 7) is 3.34. The van der Waals surface area contributed by atoms with Crippen LogP contribution in [0.15, 0.2) is 84.9 Å². The zero-order valence-electron chi connectivity index (χ0n) is 18.7. The summed E-state index contributed by atoms with van der Waals surface area (Å²) in [6.07, 6.45) is 6.27. The van der Waals surface area contributed by atoms with Crippen LogP contribution in [-0.2, 0) is 29.8 Å². The van der Waals surface area contributed by atoms with Crippen LogP contribution in [0.3, 0.4) is 0 Å². The molecule has 4 heteroatoms. The number of nitrogens with zero attached hydrogens (tertiary/aromatic N) is 1. The summed E-state index contributed by atoms with van der Waals surface area (Å²) in [6, 6.07) is 24.8. The van der Waals surface area contributed by atoms with Crippen molar-refractivity contribution < 1.29 is 14.6 Å². The third-order valence-electron chi connectivity index (χ3n) is 7.37. The van der Waals surface area contributed by atoms with E-state index < -0.39 is 0 Å². The standard InChI is InChI=1S/C29H29NO3/c31-25-12-11-23-19-30(18-21-7-3-1-4-8-21)16-15-29-14-13-24(17-26(29)33-28(25)27(23)29)32-20-22-9-5-2-6-10-22/h1-14,24,26,31H,15-20H2/t24-,26-,29-/m0/s1. The Hall–Kier alpha value is -3.08. The van der Waals surface area contributed by atoms with Gasteiger partial charge in [-0.2, -0.15) is 0 Å². The molecule has 3 atom stereocenters. The van der Waals surface area contributed by atoms with Crippen LogP contribution >= 0.6 is 0 Å². The van der Waals surface area contributed by atoms with Crippen molar-refractivity contribution in [3.05, 3.63) is 107 Å². The van der Waals surface area contributed by atoms with Crippen LogP contribution in [0.25, 0.3) is 0 Å². The molecular weight excluding hydrogens is 410 g/mol. The quantitative estimate of drug-likeness (QED) is 0.545. The number of ether oxygens (including phenoxy) is 2. The zero-order valence-corrected chi connectivity index (χ0v) is 18.7. The lowest BCUT2D eigenvalue weighted by Crippen LogP contribution is -2.43. The maximum Gasteiger partial charge on any atom is 0.165 e. The van der Waals surface area contributed by atoms with E-state index >= 15 is 0 Å². The SMILES string of the molecule is Oc1ccc2c3c1O[C@H]1C[C@@H](OCc4ccccc4)C=C[C@@]31CCN(Cc1ccccc1)C2. The molecule has 3 aliphatic rings. The maximum absolute atomic E-state index is 10.7. The number of rotatable bonds is 5. The fourth-order valence-corrected chi connectivity index (χ4v) is 5.71. The molecular formula is C29H29NO3. The summed E-state index contributed by atoms with van der Waals surface area (Å²) in [7, 11) is 0. The molecule has 0 unspecified atom stereocenters. The Morgan fingerprint density at radius 2 is 1.73 bits per heavy atom. The van der Waals surface area contributed by atoms with Gasteiger partial charge in [0.2, 0.25) is 0 Å². The summed E-state index contributed by atoms with van der Waals surface area (Å²) < 4.78 is 12.7. The maximum atomic E-state index is 10.7. The molecule has 0 saturated heterocycles. The molecule has 0 saturated carbocycles. The van der Waals surface area contributed by atoms with Gasteiger partial charge in [-0.1, -0.05) is 78.9 Å². The molecule has 1 spiro atoms. The van der Waals surface area contributed by atoms with E-state index in [0.29, 0.717) is 12.4 Å². The van der Waals surface area contributed by atoms with E-state index in [2.05, 4.69) is 65.6 Å². The highest BCUT2D eigenvalue weighted by atomic mass is 16.5. The Morgan fingerprint density at radius 3 is 2.52 bits per heavy atom. The van der Waals surface area contributed by atoms with Gasteiger partial charge in [0, 0.05) is 31.6 Å². The average molecular weight is 440 g/mol. The molecule has 0 bridgehead atoms. The number of hydrogen-bond acceptors (Lipinski definition) is 4. The molecule has 0 radical (unpaired) electrons. The molecule has 33 heavy (non-hydrogen) atoms. The molecule has 3 aromatic carbocycles. The van der Waals surface area contributed by atoms with Crippen molar-refractivity contribution in [1.29, 1.82) is 0 Å². The second-order valence-electron chi connectivity index (χ2n) is 9.47. The number of benzene rings is 3. The van der Waals surface area contributed by atoms with Crippen LogP contribution in [0, 0.1) is 0 Å². The van der Waals surface area contributed by atoms with Gasteiger partial charge in [-0.05, 0) is 29.2 Å². The molecule has 4 nitrogen and oxygen atoms in total. The first kappa shape index (κ1) is 20.5. The topological polar surface area (TPSA) is 41.9 Å². The Labute approximate surface area is 195 Å². The van der Waals surface area contributed by atoms with Crippen LogP contribution < -0.4 is 4.74 Å². The lowest BCUT2D eigenvalue weighted by atomic mass is 9.69. The van der Waals surface area contributed by atoms with Gasteiger partial charge in [0.1, 0.15) is 6.10 Å². The van der Waals surface area contributed by atoms with E-state index in [1.54, 1.807) is 6.07 Å². The van der Waals surface area contributed by atoms with Gasteiger partial charge in [-0.15, -0.1) is 0 Å². The van der Waals surface area contributed by atoms with E-state index in [1.165, 1.54) is 22.3 Å². The summed E-state index contributed by atoms with van der Waals surface area (Å²) in [5.74, 6) is 0.918. The van der Waals surface area contributed by atoms with Gasteiger partial charge < -0.3 is 14.6 Å². The van der Waals surface area contributed by atoms with Crippen LogP contribution in [0.2, 0.25) is 0 Å². The van der Waals surface area contributed by atoms with Gasteiger partial charge in [0.15, 0.2) is 11.5 Å². The molecule has 168 valence electrons. The van der Waals surface area contributed by atoms with E-state index in [-0.39, 0.29) is 23.4 Å². The Morgan fingerprint density at radius 1 is 0.970 bits per heavy atom. The fraction of sp³-hybridized carbons (Fsp3) is 0.310. The van der Waals surface area contributed by atoms with E-state index in [4.69, 9.17) is 9.47 Å². The van der Waals surface area contributed by atoms with Gasteiger partial charge in [-0.3, -0.25) is 4.90 Å². The predicted octanol–water partition coefficient (Wildman–Crippen LogP) is 5.34. The average Bonchev–Trinajstić information content (AvgIpc) is 3.11. The molecule has 6 rings (SSSR count). The zero-order chi connectivity index (χ0) is 22.3. The van der Waals surface area contributed by atoms with Crippen molar-refractivity contribution in [2.75, 3.05) is 6.54 Å². The second-order valence-corrected chi connectivity index (χ2v) is 9.47. The van der Waals surface area contributed by atoms with Crippen LogP contribution in [-0.4, -0.2) is 28.8 Å². The second kappa shape index (κ2) is 8.36. The van der Waals surface area contributed by atoms with Crippen molar-refractivity contribution in [1.82, 2.24) is 4.90 Å². The largest absolute Gasteiger partial charge is 0.504 e. The van der Waals surface area contributed by atoms with Gasteiger partial charge in [-0.25, -0.2) is 0 Å². The number of phenolic OH excluding ortho intramolecular Hbond substituents is 1. The Kier molecular flexibility index (Phi) is 5.20. The van der Waals surface area contributed by atoms with Crippen LogP contribution in [0.5, 0.6) is 11.5 Å². The number of aromatic hydroxyl groups is 1. The smallest absolute Gasteiger partial charge is 0.165 e. The molecule has 0 amide bonds. The first-order valence-corrected chi connectivity index (χ1v) is 11.8. The summed E-state index contributed by atoms with van der Waals surface area (Å²) >= 11 is 0. The lowest BCUT2D eigenvalue weighted by Gasteiger charge is -2.37. The highest BCUT2D eigenvalue weighted by molar-refractivity contribution is 5.60. The van der Waals surface area contributed by atoms with Gasteiger partial charge in [0.25, 0.3) is 0 Å². The van der Waals surface area contributed by atoms with E-state index in [9.17, 15) is 5.11 Å². The summed E-state index contributed by atoms with van der Waals surface area (Å²) in [5.41, 5.74) is 4.73. The third-order valence-corrected chi connectivity index (χ3v) is 7.37. The molecule has 1 N–H and O–H groups in total. The highest BCUT2D eigenvalue weighted by Crippen LogP contribution is 2.55. The van der Waals surface area contributed by atoms with E-state index in [1.807, 2.05) is 18.2 Å². The van der Waals surface area contributed by atoms with Crippen LogP contribution in [0.4, 0.5) is 0 Å². The Bertz CT molecular complexity index is 1160. The first-order valence-electron chi connectivity index (χ1n) is 11.8. The van der Waals surface area contributed by atoms with E-state index in [0.717, 1.165) is 32.5 Å². The van der Waals surface area contributed by atoms with Crippen molar-refractivity contribution in [2.24, 2.45) is 0 Å². The number of hydrogen-bond donors (Lipinski definition) is 1. The van der Waals surface area contributed by atoms with Crippen molar-refractivity contribution in [3.63, 3.8) is 0 Å². The summed E-state index contributed by atoms with van der Waals surface area (Å²) in [4.78, 5) is 2.51. The predicted molar refractivity (Wildman–Crippen MR) is 128 cm³/mol. The minimum absolute atomic E-state index is 0.00408. The minimum atomic E-state index is -0.207. The highest BCUT2D eigenvalue weighted by Gasteiger charge is 2.52. The first-order chi connectivity index (χ1) is 16.2. The normalized spacial score (nSPS) is 25.7. The molecule has 1 aliphatic carbocycles. The lowest BCUT2D eigenvalue weighted by molar-refractivity contribution is 0.0187. The third kappa shape index (κ3) is 3.73. The molecule has 2 aliphatic heterocycles. The number of phenols is 1. The molecule has 0 fully saturated rings. The molecule has 0 aromatic heterocycles. The van der Waals surface area contributed by atoms with Crippen molar-refractivity contribution in [2.45, 2.75) is 50.2 Å². The molecule has 2 heterocycles. The monoisotopic (exact) mass is 439 g/mol. The van der Waals surface area contributed by atoms with Crippen LogP contribution in [0.1, 0.15) is 35.1 Å². The molecule has 3 aromatic rings.